The molecule has 0 aliphatic carbocycles. The summed E-state index contributed by atoms with van der Waals surface area (Å²) < 4.78 is 41.0. The quantitative estimate of drug-likeness (QED) is 0.382. The highest BCUT2D eigenvalue weighted by Crippen LogP contribution is 2.26. The number of carbonyl (C=O) groups excluding carboxylic acids is 2. The van der Waals surface area contributed by atoms with Gasteiger partial charge in [0.05, 0.1) is 31.1 Å². The summed E-state index contributed by atoms with van der Waals surface area (Å²) in [6, 6.07) is 3.40. The number of sulfone groups is 1. The molecule has 0 spiro atoms. The predicted octanol–water partition coefficient (Wildman–Crippen LogP) is 1.45. The lowest BCUT2D eigenvalue weighted by molar-refractivity contribution is -0.151. The Morgan fingerprint density at radius 1 is 1.16 bits per heavy atom. The van der Waals surface area contributed by atoms with E-state index < -0.39 is 9.84 Å². The molecule has 1 aliphatic heterocycles. The first-order valence-corrected chi connectivity index (χ1v) is 12.5. The summed E-state index contributed by atoms with van der Waals surface area (Å²) in [7, 11) is -1.98. The number of hydrogen-bond acceptors (Lipinski definition) is 8. The maximum Gasteiger partial charge on any atom is 0.309 e. The zero-order chi connectivity index (χ0) is 23.7. The number of benzene rings is 1. The van der Waals surface area contributed by atoms with Crippen LogP contribution in [0.1, 0.15) is 30.9 Å². The number of methoxy groups -OCH3 is 1. The number of likely N-dealkylation sites (tertiary alicyclic amines) is 1. The van der Waals surface area contributed by atoms with Crippen molar-refractivity contribution in [1.29, 1.82) is 0 Å². The van der Waals surface area contributed by atoms with Gasteiger partial charge in [0, 0.05) is 19.6 Å². The Kier molecular flexibility index (Phi) is 9.92. The van der Waals surface area contributed by atoms with E-state index in [0.717, 1.165) is 0 Å². The van der Waals surface area contributed by atoms with Crippen LogP contribution >= 0.6 is 0 Å². The van der Waals surface area contributed by atoms with Crippen molar-refractivity contribution in [3.8, 4) is 5.75 Å². The van der Waals surface area contributed by atoms with Crippen LogP contribution in [-0.4, -0.2) is 77.6 Å². The highest BCUT2D eigenvalue weighted by molar-refractivity contribution is 7.91. The third-order valence-electron chi connectivity index (χ3n) is 5.39. The standard InChI is InChI=1S/C22H34N2O7S/c1-5-31-22(26)18-6-9-24(10-7-18)20(25)14-30-11-8-23-15-32(27,28)21-16(2)12-19(29-4)13-17(21)3/h12-13,18,23H,5-11,14-15H2,1-4H3. The molecule has 2 rings (SSSR count). The zero-order valence-electron chi connectivity index (χ0n) is 19.3. The summed E-state index contributed by atoms with van der Waals surface area (Å²) in [6.07, 6.45) is 1.18. The maximum atomic E-state index is 12.7. The van der Waals surface area contributed by atoms with Crippen molar-refractivity contribution in [3.63, 3.8) is 0 Å². The third kappa shape index (κ3) is 7.18. The number of nitrogens with one attached hydrogen (secondary N) is 1. The van der Waals surface area contributed by atoms with Crippen LogP contribution in [0.2, 0.25) is 0 Å². The van der Waals surface area contributed by atoms with Gasteiger partial charge in [0.2, 0.25) is 5.91 Å². The van der Waals surface area contributed by atoms with E-state index in [0.29, 0.717) is 60.9 Å². The van der Waals surface area contributed by atoms with Crippen molar-refractivity contribution in [2.45, 2.75) is 38.5 Å². The first-order valence-electron chi connectivity index (χ1n) is 10.8. The lowest BCUT2D eigenvalue weighted by atomic mass is 9.97. The normalized spacial score (nSPS) is 14.9. The Bertz CT molecular complexity index is 871. The lowest BCUT2D eigenvalue weighted by Crippen LogP contribution is -2.42. The molecule has 0 radical (unpaired) electrons. The smallest absolute Gasteiger partial charge is 0.309 e. The van der Waals surface area contributed by atoms with E-state index in [1.807, 2.05) is 0 Å². The second kappa shape index (κ2) is 12.2. The van der Waals surface area contributed by atoms with E-state index in [4.69, 9.17) is 14.2 Å². The molecular weight excluding hydrogens is 436 g/mol. The summed E-state index contributed by atoms with van der Waals surface area (Å²) in [5.41, 5.74) is 1.27. The summed E-state index contributed by atoms with van der Waals surface area (Å²) in [4.78, 5) is 26.0. The van der Waals surface area contributed by atoms with Crippen molar-refractivity contribution >= 4 is 21.7 Å². The van der Waals surface area contributed by atoms with Gasteiger partial charge in [-0.3, -0.25) is 9.59 Å². The first kappa shape index (κ1) is 26.1. The number of ether oxygens (including phenoxy) is 3. The van der Waals surface area contributed by atoms with Crippen LogP contribution in [0.25, 0.3) is 0 Å². The molecule has 0 aromatic heterocycles. The van der Waals surface area contributed by atoms with Crippen molar-refractivity contribution in [2.75, 3.05) is 52.4 Å². The largest absolute Gasteiger partial charge is 0.497 e. The van der Waals surface area contributed by atoms with Gasteiger partial charge >= 0.3 is 5.97 Å². The van der Waals surface area contributed by atoms with Crippen molar-refractivity contribution in [3.05, 3.63) is 23.3 Å². The lowest BCUT2D eigenvalue weighted by Gasteiger charge is -2.30. The maximum absolute atomic E-state index is 12.7. The van der Waals surface area contributed by atoms with Gasteiger partial charge in [-0.05, 0) is 56.9 Å². The fraction of sp³-hybridized carbons (Fsp3) is 0.636. The van der Waals surface area contributed by atoms with Gasteiger partial charge in [0.15, 0.2) is 9.84 Å². The third-order valence-corrected chi connectivity index (χ3v) is 7.24. The minimum absolute atomic E-state index is 0.0742. The molecule has 9 nitrogen and oxygen atoms in total. The number of esters is 1. The van der Waals surface area contributed by atoms with Gasteiger partial charge < -0.3 is 24.4 Å². The van der Waals surface area contributed by atoms with Gasteiger partial charge in [-0.25, -0.2) is 8.42 Å². The number of amides is 1. The van der Waals surface area contributed by atoms with Crippen LogP contribution in [-0.2, 0) is 28.9 Å². The molecule has 1 N–H and O–H groups in total. The number of hydrogen-bond donors (Lipinski definition) is 1. The first-order chi connectivity index (χ1) is 15.2. The van der Waals surface area contributed by atoms with Gasteiger partial charge in [-0.1, -0.05) is 0 Å². The average Bonchev–Trinajstić information content (AvgIpc) is 2.75. The molecule has 1 aromatic rings. The Labute approximate surface area is 190 Å². The summed E-state index contributed by atoms with van der Waals surface area (Å²) in [6.45, 7) is 7.06. The molecule has 1 aromatic carbocycles. The molecule has 0 unspecified atom stereocenters. The fourth-order valence-electron chi connectivity index (χ4n) is 3.82. The van der Waals surface area contributed by atoms with Crippen LogP contribution in [0.3, 0.4) is 0 Å². The molecule has 1 fully saturated rings. The number of piperidine rings is 1. The van der Waals surface area contributed by atoms with E-state index in [1.165, 1.54) is 0 Å². The summed E-state index contributed by atoms with van der Waals surface area (Å²) >= 11 is 0. The molecule has 10 heteroatoms. The number of rotatable bonds is 11. The topological polar surface area (TPSA) is 111 Å². The minimum Gasteiger partial charge on any atom is -0.497 e. The second-order valence-electron chi connectivity index (χ2n) is 7.81. The average molecular weight is 471 g/mol. The van der Waals surface area contributed by atoms with Crippen LogP contribution in [0.5, 0.6) is 5.75 Å². The molecule has 0 bridgehead atoms. The van der Waals surface area contributed by atoms with Crippen LogP contribution < -0.4 is 10.1 Å². The van der Waals surface area contributed by atoms with E-state index in [2.05, 4.69) is 5.32 Å². The zero-order valence-corrected chi connectivity index (χ0v) is 20.1. The molecule has 1 saturated heterocycles. The van der Waals surface area contributed by atoms with Gasteiger partial charge in [-0.2, -0.15) is 0 Å². The number of carbonyl (C=O) groups is 2. The van der Waals surface area contributed by atoms with E-state index in [-0.39, 0.29) is 36.9 Å². The molecule has 1 amide bonds. The van der Waals surface area contributed by atoms with Gasteiger partial charge in [0.25, 0.3) is 0 Å². The summed E-state index contributed by atoms with van der Waals surface area (Å²) in [5, 5.41) is 2.87. The molecule has 32 heavy (non-hydrogen) atoms. The van der Waals surface area contributed by atoms with Gasteiger partial charge in [-0.15, -0.1) is 0 Å². The van der Waals surface area contributed by atoms with E-state index in [9.17, 15) is 18.0 Å². The van der Waals surface area contributed by atoms with Crippen LogP contribution in [0, 0.1) is 19.8 Å². The number of aryl methyl sites for hydroxylation is 2. The SMILES string of the molecule is CCOC(=O)C1CCN(C(=O)COCCNCS(=O)(=O)c2c(C)cc(OC)cc2C)CC1. The highest BCUT2D eigenvalue weighted by atomic mass is 32.2. The Morgan fingerprint density at radius 3 is 2.34 bits per heavy atom. The molecule has 0 atom stereocenters. The Hall–Kier alpha value is -2.17. The van der Waals surface area contributed by atoms with Crippen molar-refractivity contribution in [2.24, 2.45) is 5.92 Å². The van der Waals surface area contributed by atoms with Crippen molar-refractivity contribution < 1.29 is 32.2 Å². The van der Waals surface area contributed by atoms with Gasteiger partial charge in [0.1, 0.15) is 18.2 Å². The van der Waals surface area contributed by atoms with Crippen LogP contribution in [0.4, 0.5) is 0 Å². The van der Waals surface area contributed by atoms with Crippen LogP contribution in [0.15, 0.2) is 17.0 Å². The molecule has 1 heterocycles. The Balaban J connectivity index is 1.69. The molecular formula is C22H34N2O7S. The predicted molar refractivity (Wildman–Crippen MR) is 119 cm³/mol. The minimum atomic E-state index is -3.52. The molecule has 1 aliphatic rings. The van der Waals surface area contributed by atoms with E-state index in [1.54, 1.807) is 44.9 Å². The fourth-order valence-corrected chi connectivity index (χ4v) is 5.47. The molecule has 0 saturated carbocycles. The Morgan fingerprint density at radius 2 is 1.78 bits per heavy atom. The highest BCUT2D eigenvalue weighted by Gasteiger charge is 2.28. The monoisotopic (exact) mass is 470 g/mol. The summed E-state index contributed by atoms with van der Waals surface area (Å²) in [5.74, 6) is -0.0832. The van der Waals surface area contributed by atoms with E-state index >= 15 is 0 Å². The second-order valence-corrected chi connectivity index (χ2v) is 9.74. The molecule has 180 valence electrons. The number of nitrogens with zero attached hydrogens (tertiary/aromatic N) is 1. The van der Waals surface area contributed by atoms with Crippen molar-refractivity contribution in [1.82, 2.24) is 10.2 Å².